The van der Waals surface area contributed by atoms with E-state index in [0.717, 1.165) is 109 Å². The number of phosphoric ester groups is 1. The molecule has 0 saturated carbocycles. The fourth-order valence-corrected chi connectivity index (χ4v) is 11.0. The van der Waals surface area contributed by atoms with Gasteiger partial charge in [0, 0.05) is 12.8 Å². The molecule has 0 saturated heterocycles. The number of quaternary nitrogens is 1. The van der Waals surface area contributed by atoms with Crippen LogP contribution < -0.4 is 4.89 Å². The second kappa shape index (κ2) is 68.0. The number of allylic oxidation sites excluding steroid dienone is 18. The Kier molecular flexibility index (Phi) is 65.5. The van der Waals surface area contributed by atoms with Gasteiger partial charge in [-0.15, -0.1) is 0 Å². The van der Waals surface area contributed by atoms with Crippen LogP contribution in [-0.2, 0) is 32.7 Å². The number of hydrogen-bond acceptors (Lipinski definition) is 8. The number of nitrogens with zero attached hydrogens (tertiary/aromatic N) is 1. The molecule has 508 valence electrons. The molecule has 0 heterocycles. The Labute approximate surface area is 544 Å². The molecule has 0 fully saturated rings. The lowest BCUT2D eigenvalue weighted by atomic mass is 10.0. The van der Waals surface area contributed by atoms with Crippen molar-refractivity contribution < 1.29 is 42.1 Å². The number of hydrogen-bond donors (Lipinski definition) is 0. The molecule has 0 aromatic rings. The normalized spacial score (nSPS) is 13.8. The molecule has 10 heteroatoms. The van der Waals surface area contributed by atoms with Crippen LogP contribution in [0.15, 0.2) is 109 Å². The van der Waals surface area contributed by atoms with Crippen molar-refractivity contribution in [3.63, 3.8) is 0 Å². The lowest BCUT2D eigenvalue weighted by molar-refractivity contribution is -0.870. The molecule has 0 aromatic carbocycles. The lowest BCUT2D eigenvalue weighted by Gasteiger charge is -2.28. The Bertz CT molecular complexity index is 1850. The van der Waals surface area contributed by atoms with Crippen LogP contribution in [0.25, 0.3) is 0 Å². The maximum absolute atomic E-state index is 12.9. The van der Waals surface area contributed by atoms with Gasteiger partial charge in [-0.1, -0.05) is 335 Å². The van der Waals surface area contributed by atoms with Crippen LogP contribution in [0.3, 0.4) is 0 Å². The van der Waals surface area contributed by atoms with E-state index in [4.69, 9.17) is 18.5 Å². The zero-order chi connectivity index (χ0) is 64.1. The first-order chi connectivity index (χ1) is 43.0. The molecule has 2 atom stereocenters. The summed E-state index contributed by atoms with van der Waals surface area (Å²) in [7, 11) is 1.15. The highest BCUT2D eigenvalue weighted by Crippen LogP contribution is 2.38. The molecule has 0 radical (unpaired) electrons. The number of unbranched alkanes of at least 4 members (excludes halogenated alkanes) is 35. The summed E-state index contributed by atoms with van der Waals surface area (Å²) in [6.07, 6.45) is 96.1. The van der Waals surface area contributed by atoms with Crippen molar-refractivity contribution in [3.8, 4) is 0 Å². The van der Waals surface area contributed by atoms with Gasteiger partial charge in [0.25, 0.3) is 7.82 Å². The first kappa shape index (κ1) is 84.7. The third-order valence-electron chi connectivity index (χ3n) is 15.8. The highest BCUT2D eigenvalue weighted by atomic mass is 31.2. The second-order valence-electron chi connectivity index (χ2n) is 25.6. The molecule has 0 spiro atoms. The maximum atomic E-state index is 12.9. The molecule has 88 heavy (non-hydrogen) atoms. The summed E-state index contributed by atoms with van der Waals surface area (Å²) in [5, 5.41) is 0. The number of carbonyl (C=O) groups is 2. The van der Waals surface area contributed by atoms with Crippen molar-refractivity contribution in [3.05, 3.63) is 109 Å². The van der Waals surface area contributed by atoms with Gasteiger partial charge in [-0.2, -0.15) is 0 Å². The Hall–Kier alpha value is -3.33. The Morgan fingerprint density at radius 3 is 0.966 bits per heavy atom. The van der Waals surface area contributed by atoms with E-state index < -0.39 is 26.5 Å². The molecular weight excluding hydrogens is 1110 g/mol. The Balaban J connectivity index is 4.09. The second-order valence-corrected chi connectivity index (χ2v) is 27.0. The highest BCUT2D eigenvalue weighted by Gasteiger charge is 2.22. The van der Waals surface area contributed by atoms with Crippen molar-refractivity contribution >= 4 is 19.8 Å². The highest BCUT2D eigenvalue weighted by molar-refractivity contribution is 7.45. The van der Waals surface area contributed by atoms with Gasteiger partial charge in [-0.25, -0.2) is 0 Å². The molecule has 0 aliphatic rings. The minimum atomic E-state index is -4.66. The van der Waals surface area contributed by atoms with Gasteiger partial charge >= 0.3 is 11.9 Å². The van der Waals surface area contributed by atoms with E-state index in [-0.39, 0.29) is 32.0 Å². The van der Waals surface area contributed by atoms with Crippen LogP contribution in [-0.4, -0.2) is 70.0 Å². The molecule has 0 aromatic heterocycles. The average molecular weight is 1250 g/mol. The third kappa shape index (κ3) is 71.7. The minimum Gasteiger partial charge on any atom is -0.756 e. The summed E-state index contributed by atoms with van der Waals surface area (Å²) in [4.78, 5) is 38.1. The fraction of sp³-hybridized carbons (Fsp3) is 0.744. The van der Waals surface area contributed by atoms with E-state index in [1.807, 2.05) is 21.1 Å². The monoisotopic (exact) mass is 1250 g/mol. The van der Waals surface area contributed by atoms with Crippen LogP contribution in [0, 0.1) is 0 Å². The topological polar surface area (TPSA) is 111 Å². The summed E-state index contributed by atoms with van der Waals surface area (Å²) >= 11 is 0. The molecule has 0 rings (SSSR count). The molecule has 2 unspecified atom stereocenters. The summed E-state index contributed by atoms with van der Waals surface area (Å²) in [5.41, 5.74) is 0. The van der Waals surface area contributed by atoms with Crippen LogP contribution in [0.1, 0.15) is 322 Å². The van der Waals surface area contributed by atoms with Gasteiger partial charge in [-0.3, -0.25) is 14.2 Å². The quantitative estimate of drug-likeness (QED) is 0.0195. The zero-order valence-corrected chi connectivity index (χ0v) is 58.8. The average Bonchev–Trinajstić information content (AvgIpc) is 3.56. The van der Waals surface area contributed by atoms with Gasteiger partial charge in [0.05, 0.1) is 27.7 Å². The minimum absolute atomic E-state index is 0.0389. The van der Waals surface area contributed by atoms with Crippen LogP contribution in [0.5, 0.6) is 0 Å². The summed E-state index contributed by atoms with van der Waals surface area (Å²) < 4.78 is 34.3. The Morgan fingerprint density at radius 2 is 0.648 bits per heavy atom. The SMILES string of the molecule is CC/C=C\C/C=C\C/C=C\C/C=C\C/C=C\C/C=C\C/C=C\C/C=C\C/C=C\CCCCCCCC(=O)OC(COC(=O)CCCCCCCCCCCCCCCCCCCCCCCCCCCCCCCCC)COP(=O)([O-])OCC[N+](C)(C)C. The van der Waals surface area contributed by atoms with E-state index in [0.29, 0.717) is 17.4 Å². The molecule has 0 N–H and O–H groups in total. The van der Waals surface area contributed by atoms with Gasteiger partial charge in [-0.05, 0) is 83.5 Å². The maximum Gasteiger partial charge on any atom is 0.306 e. The fourth-order valence-electron chi connectivity index (χ4n) is 10.2. The first-order valence-corrected chi connectivity index (χ1v) is 38.1. The van der Waals surface area contributed by atoms with Crippen LogP contribution in [0.2, 0.25) is 0 Å². The predicted octanol–water partition coefficient (Wildman–Crippen LogP) is 23.4. The predicted molar refractivity (Wildman–Crippen MR) is 378 cm³/mol. The largest absolute Gasteiger partial charge is 0.756 e. The van der Waals surface area contributed by atoms with Crippen molar-refractivity contribution in [1.82, 2.24) is 0 Å². The molecule has 0 bridgehead atoms. The van der Waals surface area contributed by atoms with Gasteiger partial charge in [0.15, 0.2) is 6.10 Å². The number of rotatable bonds is 67. The third-order valence-corrected chi connectivity index (χ3v) is 16.8. The van der Waals surface area contributed by atoms with E-state index in [1.165, 1.54) is 180 Å². The van der Waals surface area contributed by atoms with E-state index >= 15 is 0 Å². The Morgan fingerprint density at radius 1 is 0.364 bits per heavy atom. The number of ether oxygens (including phenoxy) is 2. The summed E-state index contributed by atoms with van der Waals surface area (Å²) in [6, 6.07) is 0. The zero-order valence-electron chi connectivity index (χ0n) is 57.9. The van der Waals surface area contributed by atoms with Crippen molar-refractivity contribution in [2.45, 2.75) is 328 Å². The summed E-state index contributed by atoms with van der Waals surface area (Å²) in [5.74, 6) is -0.849. The molecule has 0 amide bonds. The van der Waals surface area contributed by atoms with Crippen molar-refractivity contribution in [2.24, 2.45) is 0 Å². The standard InChI is InChI=1S/C78H138NO8P/c1-6-8-10-12-14-16-18-20-22-24-26-28-30-32-34-36-38-39-41-43-45-47-49-51-53-55-57-59-61-63-65-67-69-71-78(81)87-76(75-86-88(82,83)85-73-72-79(3,4)5)74-84-77(80)70-68-66-64-62-60-58-56-54-52-50-48-46-44-42-40-37-35-33-31-29-27-25-23-21-19-17-15-13-11-9-7-2/h8,10,14,16,20,22,26,28,32,34,38-39,43,45,49,51,55,57,76H,6-7,9,11-13,15,17-19,21,23-25,27,29-31,33,35-37,40-42,44,46-48,50,52-54,56,58-75H2,1-5H3/b10-8-,16-14-,22-20-,28-26-,34-32-,39-38-,45-43-,51-49-,57-55-. The number of phosphoric acid groups is 1. The number of carbonyl (C=O) groups excluding carboxylic acids is 2. The van der Waals surface area contributed by atoms with Crippen LogP contribution >= 0.6 is 7.82 Å². The lowest BCUT2D eigenvalue weighted by Crippen LogP contribution is -2.37. The molecule has 0 aliphatic carbocycles. The van der Waals surface area contributed by atoms with Crippen molar-refractivity contribution in [1.29, 1.82) is 0 Å². The molecular formula is C78H138NO8P. The van der Waals surface area contributed by atoms with E-state index in [9.17, 15) is 19.0 Å². The first-order valence-electron chi connectivity index (χ1n) is 36.6. The van der Waals surface area contributed by atoms with Gasteiger partial charge < -0.3 is 27.9 Å². The molecule has 0 aliphatic heterocycles. The molecule has 9 nitrogen and oxygen atoms in total. The van der Waals surface area contributed by atoms with E-state index in [2.05, 4.69) is 123 Å². The van der Waals surface area contributed by atoms with Crippen LogP contribution in [0.4, 0.5) is 0 Å². The number of likely N-dealkylation sites (N-methyl/N-ethyl adjacent to an activating group) is 1. The van der Waals surface area contributed by atoms with E-state index in [1.54, 1.807) is 0 Å². The number of esters is 2. The van der Waals surface area contributed by atoms with Gasteiger partial charge in [0.1, 0.15) is 19.8 Å². The van der Waals surface area contributed by atoms with Gasteiger partial charge in [0.2, 0.25) is 0 Å². The van der Waals surface area contributed by atoms with Crippen molar-refractivity contribution in [2.75, 3.05) is 47.5 Å². The smallest absolute Gasteiger partial charge is 0.306 e. The summed E-state index contributed by atoms with van der Waals surface area (Å²) in [6.45, 7) is 4.14.